The molecule has 3 aromatic rings. The molecule has 0 bridgehead atoms. The van der Waals surface area contributed by atoms with E-state index in [0.717, 1.165) is 14.9 Å². The third-order valence-electron chi connectivity index (χ3n) is 5.58. The molecule has 0 aliphatic carbocycles. The van der Waals surface area contributed by atoms with Gasteiger partial charge in [-0.1, -0.05) is 39.7 Å². The number of benzene rings is 3. The summed E-state index contributed by atoms with van der Waals surface area (Å²) < 4.78 is 22.9. The van der Waals surface area contributed by atoms with Crippen LogP contribution < -0.4 is 29.2 Å². The van der Waals surface area contributed by atoms with Crippen LogP contribution in [0.2, 0.25) is 5.02 Å². The number of barbiturate groups is 1. The predicted octanol–water partition coefficient (Wildman–Crippen LogP) is 5.09. The first-order valence-electron chi connectivity index (χ1n) is 10.9. The van der Waals surface area contributed by atoms with E-state index in [1.807, 2.05) is 24.3 Å². The minimum atomic E-state index is -0.877. The summed E-state index contributed by atoms with van der Waals surface area (Å²) in [5.41, 5.74) is 1.28. The molecule has 188 valence electrons. The van der Waals surface area contributed by atoms with Crippen LogP contribution in [0.3, 0.4) is 0 Å². The van der Waals surface area contributed by atoms with Crippen LogP contribution in [0.1, 0.15) is 11.1 Å². The van der Waals surface area contributed by atoms with Gasteiger partial charge in [-0.15, -0.1) is 0 Å². The summed E-state index contributed by atoms with van der Waals surface area (Å²) >= 11 is 9.87. The van der Waals surface area contributed by atoms with Crippen LogP contribution in [0, 0.1) is 0 Å². The van der Waals surface area contributed by atoms with E-state index in [1.165, 1.54) is 31.4 Å². The van der Waals surface area contributed by atoms with Gasteiger partial charge in [0.25, 0.3) is 11.8 Å². The lowest BCUT2D eigenvalue weighted by Crippen LogP contribution is -2.54. The molecule has 0 atom stereocenters. The Morgan fingerprint density at radius 2 is 1.81 bits per heavy atom. The van der Waals surface area contributed by atoms with Crippen molar-refractivity contribution >= 4 is 57.1 Å². The number of amides is 4. The number of ether oxygens (including phenoxy) is 4. The second-order valence-corrected chi connectivity index (χ2v) is 9.27. The SMILES string of the molecule is COc1cc(/C=C2\C(=O)NC(=O)N(c3ccc4c(c3)OCO4)C2=O)cc(Cl)c1OCc1ccc(Br)cc1. The highest BCUT2D eigenvalue weighted by Crippen LogP contribution is 2.39. The van der Waals surface area contributed by atoms with Crippen LogP contribution in [0.5, 0.6) is 23.0 Å². The molecule has 2 aliphatic rings. The molecule has 2 aliphatic heterocycles. The fourth-order valence-electron chi connectivity index (χ4n) is 3.78. The maximum absolute atomic E-state index is 13.3. The summed E-state index contributed by atoms with van der Waals surface area (Å²) in [7, 11) is 1.45. The van der Waals surface area contributed by atoms with Gasteiger partial charge in [0, 0.05) is 10.5 Å². The van der Waals surface area contributed by atoms with Crippen molar-refractivity contribution in [3.05, 3.63) is 80.8 Å². The van der Waals surface area contributed by atoms with Crippen LogP contribution in [-0.4, -0.2) is 31.7 Å². The zero-order valence-corrected chi connectivity index (χ0v) is 21.6. The highest BCUT2D eigenvalue weighted by molar-refractivity contribution is 9.10. The van der Waals surface area contributed by atoms with E-state index >= 15 is 0 Å². The van der Waals surface area contributed by atoms with Gasteiger partial charge >= 0.3 is 6.03 Å². The Balaban J connectivity index is 1.43. The average molecular weight is 586 g/mol. The average Bonchev–Trinajstić information content (AvgIpc) is 3.34. The predicted molar refractivity (Wildman–Crippen MR) is 138 cm³/mol. The van der Waals surface area contributed by atoms with Crippen LogP contribution in [-0.2, 0) is 16.2 Å². The molecule has 3 aromatic carbocycles. The zero-order chi connectivity index (χ0) is 26.1. The molecule has 11 heteroatoms. The first kappa shape index (κ1) is 24.7. The van der Waals surface area contributed by atoms with Crippen molar-refractivity contribution in [1.82, 2.24) is 5.32 Å². The molecule has 4 amide bonds. The Morgan fingerprint density at radius 3 is 2.57 bits per heavy atom. The van der Waals surface area contributed by atoms with Gasteiger partial charge in [0.15, 0.2) is 23.0 Å². The lowest BCUT2D eigenvalue weighted by Gasteiger charge is -2.26. The summed E-state index contributed by atoms with van der Waals surface area (Å²) in [6.45, 7) is 0.283. The van der Waals surface area contributed by atoms with Gasteiger partial charge in [0.1, 0.15) is 12.2 Å². The molecule has 0 spiro atoms. The van der Waals surface area contributed by atoms with E-state index in [1.54, 1.807) is 12.1 Å². The minimum absolute atomic E-state index is 0.0357. The fourth-order valence-corrected chi connectivity index (χ4v) is 4.32. The van der Waals surface area contributed by atoms with Crippen LogP contribution in [0.25, 0.3) is 6.08 Å². The minimum Gasteiger partial charge on any atom is -0.493 e. The van der Waals surface area contributed by atoms with Crippen molar-refractivity contribution in [2.45, 2.75) is 6.61 Å². The number of nitrogens with one attached hydrogen (secondary N) is 1. The van der Waals surface area contributed by atoms with Crippen molar-refractivity contribution in [3.8, 4) is 23.0 Å². The molecule has 0 unspecified atom stereocenters. The number of carbonyl (C=O) groups excluding carboxylic acids is 3. The van der Waals surface area contributed by atoms with Crippen molar-refractivity contribution < 1.29 is 33.3 Å². The Morgan fingerprint density at radius 1 is 1.05 bits per heavy atom. The molecule has 0 saturated carbocycles. The number of halogens is 2. The van der Waals surface area contributed by atoms with Crippen LogP contribution in [0.4, 0.5) is 10.5 Å². The third kappa shape index (κ3) is 4.98. The normalized spacial score (nSPS) is 15.7. The molecule has 1 N–H and O–H groups in total. The summed E-state index contributed by atoms with van der Waals surface area (Å²) in [5.74, 6) is -0.147. The highest BCUT2D eigenvalue weighted by Gasteiger charge is 2.37. The molecule has 0 radical (unpaired) electrons. The van der Waals surface area contributed by atoms with Crippen molar-refractivity contribution in [2.24, 2.45) is 0 Å². The van der Waals surface area contributed by atoms with Gasteiger partial charge in [-0.05, 0) is 53.6 Å². The Labute approximate surface area is 224 Å². The maximum Gasteiger partial charge on any atom is 0.335 e. The maximum atomic E-state index is 13.3. The van der Waals surface area contributed by atoms with E-state index < -0.39 is 17.8 Å². The van der Waals surface area contributed by atoms with Gasteiger partial charge in [-0.2, -0.15) is 0 Å². The van der Waals surface area contributed by atoms with Crippen molar-refractivity contribution in [3.63, 3.8) is 0 Å². The van der Waals surface area contributed by atoms with Crippen LogP contribution in [0.15, 0.2) is 64.6 Å². The summed E-state index contributed by atoms with van der Waals surface area (Å²) in [4.78, 5) is 39.2. The lowest BCUT2D eigenvalue weighted by atomic mass is 10.1. The smallest absolute Gasteiger partial charge is 0.335 e. The van der Waals surface area contributed by atoms with Gasteiger partial charge < -0.3 is 18.9 Å². The van der Waals surface area contributed by atoms with E-state index in [0.29, 0.717) is 28.6 Å². The molecule has 0 aromatic heterocycles. The summed E-state index contributed by atoms with van der Waals surface area (Å²) in [6, 6.07) is 14.4. The molecular weight excluding hydrogens is 568 g/mol. The Bertz CT molecular complexity index is 1460. The summed E-state index contributed by atoms with van der Waals surface area (Å²) in [5, 5.41) is 2.41. The number of nitrogens with zero attached hydrogens (tertiary/aromatic N) is 1. The van der Waals surface area contributed by atoms with Gasteiger partial charge in [-0.3, -0.25) is 14.9 Å². The van der Waals surface area contributed by atoms with Crippen molar-refractivity contribution in [1.29, 1.82) is 0 Å². The Kier molecular flexibility index (Phi) is 6.77. The number of anilines is 1. The van der Waals surface area contributed by atoms with Crippen LogP contribution >= 0.6 is 27.5 Å². The quantitative estimate of drug-likeness (QED) is 0.318. The number of fused-ring (bicyclic) bond motifs is 1. The third-order valence-corrected chi connectivity index (χ3v) is 6.38. The number of hydrogen-bond donors (Lipinski definition) is 1. The summed E-state index contributed by atoms with van der Waals surface area (Å²) in [6.07, 6.45) is 1.33. The first-order chi connectivity index (χ1) is 17.8. The standard InChI is InChI=1S/C26H18BrClN2O7/c1-34-22-10-15(9-19(28)23(22)35-12-14-2-4-16(27)5-3-14)8-18-24(31)29-26(33)30(25(18)32)17-6-7-20-21(11-17)37-13-36-20/h2-11H,12-13H2,1H3,(H,29,31,33)/b18-8+. The Hall–Kier alpha value is -4.02. The molecule has 1 saturated heterocycles. The molecule has 1 fully saturated rings. The van der Waals surface area contributed by atoms with E-state index in [4.69, 9.17) is 30.5 Å². The lowest BCUT2D eigenvalue weighted by molar-refractivity contribution is -0.122. The fraction of sp³-hybridized carbons (Fsp3) is 0.115. The second-order valence-electron chi connectivity index (χ2n) is 7.94. The number of imide groups is 2. The number of methoxy groups -OCH3 is 1. The van der Waals surface area contributed by atoms with Gasteiger partial charge in [0.05, 0.1) is 17.8 Å². The number of urea groups is 1. The topological polar surface area (TPSA) is 103 Å². The molecule has 2 heterocycles. The number of rotatable bonds is 6. The molecule has 9 nitrogen and oxygen atoms in total. The largest absolute Gasteiger partial charge is 0.493 e. The second kappa shape index (κ2) is 10.2. The monoisotopic (exact) mass is 584 g/mol. The molecular formula is C26H18BrClN2O7. The molecule has 5 rings (SSSR count). The van der Waals surface area contributed by atoms with E-state index in [9.17, 15) is 14.4 Å². The molecule has 37 heavy (non-hydrogen) atoms. The van der Waals surface area contributed by atoms with Gasteiger partial charge in [0.2, 0.25) is 6.79 Å². The highest BCUT2D eigenvalue weighted by atomic mass is 79.9. The first-order valence-corrected chi connectivity index (χ1v) is 12.1. The van der Waals surface area contributed by atoms with Gasteiger partial charge in [-0.25, -0.2) is 9.69 Å². The van der Waals surface area contributed by atoms with E-state index in [2.05, 4.69) is 21.2 Å². The zero-order valence-electron chi connectivity index (χ0n) is 19.2. The number of hydrogen-bond acceptors (Lipinski definition) is 7. The number of carbonyl (C=O) groups is 3. The van der Waals surface area contributed by atoms with E-state index in [-0.39, 0.29) is 29.7 Å². The van der Waals surface area contributed by atoms with Crippen molar-refractivity contribution in [2.75, 3.05) is 18.8 Å².